The largest absolute Gasteiger partial charge is 0.366 e. The lowest BCUT2D eigenvalue weighted by molar-refractivity contribution is -0.384. The van der Waals surface area contributed by atoms with Crippen molar-refractivity contribution in [1.29, 1.82) is 0 Å². The molecule has 0 bridgehead atoms. The third-order valence-corrected chi connectivity index (χ3v) is 6.86. The molecule has 1 atom stereocenters. The van der Waals surface area contributed by atoms with E-state index in [1.807, 2.05) is 35.2 Å². The number of nitro groups is 1. The molecule has 1 N–H and O–H groups in total. The van der Waals surface area contributed by atoms with E-state index in [1.165, 1.54) is 6.07 Å². The average molecular weight is 465 g/mol. The van der Waals surface area contributed by atoms with Crippen molar-refractivity contribution in [3.63, 3.8) is 0 Å². The summed E-state index contributed by atoms with van der Waals surface area (Å²) in [7, 11) is 0. The van der Waals surface area contributed by atoms with Gasteiger partial charge in [0, 0.05) is 44.2 Å². The maximum Gasteiger partial charge on any atom is 0.293 e. The molecule has 2 aliphatic heterocycles. The molecule has 2 heterocycles. The van der Waals surface area contributed by atoms with E-state index in [1.54, 1.807) is 17.0 Å². The molecule has 34 heavy (non-hydrogen) atoms. The van der Waals surface area contributed by atoms with Crippen LogP contribution in [0.5, 0.6) is 0 Å². The van der Waals surface area contributed by atoms with Gasteiger partial charge >= 0.3 is 0 Å². The molecule has 2 fully saturated rings. The second kappa shape index (κ2) is 10.7. The number of piperidine rings is 1. The first-order valence-corrected chi connectivity index (χ1v) is 12.1. The van der Waals surface area contributed by atoms with Crippen LogP contribution >= 0.6 is 0 Å². The summed E-state index contributed by atoms with van der Waals surface area (Å²) in [5.41, 5.74) is 1.60. The highest BCUT2D eigenvalue weighted by Crippen LogP contribution is 2.32. The second-order valence-electron chi connectivity index (χ2n) is 9.38. The molecule has 0 aliphatic carbocycles. The van der Waals surface area contributed by atoms with Crippen LogP contribution in [0.15, 0.2) is 48.5 Å². The van der Waals surface area contributed by atoms with Gasteiger partial charge in [-0.15, -0.1) is 0 Å². The quantitative estimate of drug-likeness (QED) is 0.497. The van der Waals surface area contributed by atoms with Gasteiger partial charge in [0.15, 0.2) is 0 Å². The minimum Gasteiger partial charge on any atom is -0.366 e. The summed E-state index contributed by atoms with van der Waals surface area (Å²) >= 11 is 0. The van der Waals surface area contributed by atoms with Crippen LogP contribution in [0.1, 0.15) is 48.5 Å². The topological polar surface area (TPSA) is 95.8 Å². The molecule has 8 nitrogen and oxygen atoms in total. The number of amides is 2. The highest BCUT2D eigenvalue weighted by Gasteiger charge is 2.30. The van der Waals surface area contributed by atoms with Crippen LogP contribution < -0.4 is 10.2 Å². The molecule has 8 heteroatoms. The summed E-state index contributed by atoms with van der Waals surface area (Å²) in [6.07, 6.45) is 4.26. The van der Waals surface area contributed by atoms with Crippen LogP contribution in [-0.2, 0) is 11.2 Å². The Morgan fingerprint density at radius 3 is 2.38 bits per heavy atom. The lowest BCUT2D eigenvalue weighted by Crippen LogP contribution is -2.49. The van der Waals surface area contributed by atoms with Crippen molar-refractivity contribution in [1.82, 2.24) is 10.2 Å². The number of hydrogen-bond acceptors (Lipinski definition) is 5. The van der Waals surface area contributed by atoms with E-state index >= 15 is 0 Å². The number of benzene rings is 2. The van der Waals surface area contributed by atoms with Crippen molar-refractivity contribution in [2.45, 2.75) is 45.1 Å². The molecule has 0 radical (unpaired) electrons. The Labute approximate surface area is 200 Å². The van der Waals surface area contributed by atoms with E-state index in [2.05, 4.69) is 12.2 Å². The lowest BCUT2D eigenvalue weighted by atomic mass is 9.98. The minimum atomic E-state index is -0.727. The highest BCUT2D eigenvalue weighted by molar-refractivity contribution is 5.98. The fourth-order valence-electron chi connectivity index (χ4n) is 4.78. The molecular weight excluding hydrogens is 432 g/mol. The smallest absolute Gasteiger partial charge is 0.293 e. The normalized spacial score (nSPS) is 17.4. The maximum atomic E-state index is 13.2. The monoisotopic (exact) mass is 464 g/mol. The Bertz CT molecular complexity index is 1030. The average Bonchev–Trinajstić information content (AvgIpc) is 3.39. The zero-order chi connectivity index (χ0) is 24.1. The van der Waals surface area contributed by atoms with Gasteiger partial charge in [-0.1, -0.05) is 37.3 Å². The first kappa shape index (κ1) is 23.7. The summed E-state index contributed by atoms with van der Waals surface area (Å²) in [6, 6.07) is 13.5. The Morgan fingerprint density at radius 1 is 1.06 bits per heavy atom. The molecule has 0 saturated carbocycles. The Hall–Kier alpha value is -3.42. The van der Waals surface area contributed by atoms with Gasteiger partial charge in [0.1, 0.15) is 11.7 Å². The zero-order valence-corrected chi connectivity index (χ0v) is 19.6. The van der Waals surface area contributed by atoms with Crippen molar-refractivity contribution >= 4 is 23.2 Å². The summed E-state index contributed by atoms with van der Waals surface area (Å²) < 4.78 is 0. The predicted molar refractivity (Wildman–Crippen MR) is 131 cm³/mol. The van der Waals surface area contributed by atoms with Gasteiger partial charge < -0.3 is 15.1 Å². The van der Waals surface area contributed by atoms with Gasteiger partial charge in [-0.2, -0.15) is 0 Å². The molecule has 4 rings (SSSR count). The van der Waals surface area contributed by atoms with Crippen molar-refractivity contribution in [3.8, 4) is 0 Å². The Morgan fingerprint density at radius 2 is 1.74 bits per heavy atom. The predicted octanol–water partition coefficient (Wildman–Crippen LogP) is 3.79. The minimum absolute atomic E-state index is 0.0762. The first-order valence-electron chi connectivity index (χ1n) is 12.1. The number of hydrogen-bond donors (Lipinski definition) is 1. The molecular formula is C26H32N4O4. The van der Waals surface area contributed by atoms with Gasteiger partial charge in [-0.3, -0.25) is 19.7 Å². The molecule has 0 aromatic heterocycles. The van der Waals surface area contributed by atoms with Crippen molar-refractivity contribution in [2.75, 3.05) is 31.1 Å². The van der Waals surface area contributed by atoms with Gasteiger partial charge in [0.25, 0.3) is 11.6 Å². The van der Waals surface area contributed by atoms with Crippen LogP contribution in [0.3, 0.4) is 0 Å². The van der Waals surface area contributed by atoms with E-state index in [-0.39, 0.29) is 17.2 Å². The third-order valence-electron chi connectivity index (χ3n) is 6.86. The number of likely N-dealkylation sites (tertiary alicyclic amines) is 1. The Kier molecular flexibility index (Phi) is 7.45. The van der Waals surface area contributed by atoms with E-state index in [4.69, 9.17) is 0 Å². The van der Waals surface area contributed by atoms with E-state index < -0.39 is 16.9 Å². The summed E-state index contributed by atoms with van der Waals surface area (Å²) in [5.74, 6) is 0.0219. The van der Waals surface area contributed by atoms with Crippen LogP contribution in [0.2, 0.25) is 0 Å². The molecule has 2 saturated heterocycles. The van der Waals surface area contributed by atoms with E-state index in [0.717, 1.165) is 44.3 Å². The van der Waals surface area contributed by atoms with Crippen molar-refractivity contribution < 1.29 is 14.5 Å². The molecule has 2 aromatic rings. The molecule has 2 amide bonds. The van der Waals surface area contributed by atoms with Gasteiger partial charge in [-0.25, -0.2) is 0 Å². The number of nitrogens with one attached hydrogen (secondary N) is 1. The van der Waals surface area contributed by atoms with E-state index in [9.17, 15) is 19.7 Å². The highest BCUT2D eigenvalue weighted by atomic mass is 16.6. The molecule has 0 spiro atoms. The fraction of sp³-hybridized carbons (Fsp3) is 0.462. The Balaban J connectivity index is 1.54. The van der Waals surface area contributed by atoms with Crippen LogP contribution in [0.25, 0.3) is 0 Å². The zero-order valence-electron chi connectivity index (χ0n) is 19.6. The first-order chi connectivity index (χ1) is 16.4. The summed E-state index contributed by atoms with van der Waals surface area (Å²) in [4.78, 5) is 41.5. The van der Waals surface area contributed by atoms with Crippen LogP contribution in [0, 0.1) is 16.0 Å². The summed E-state index contributed by atoms with van der Waals surface area (Å²) in [6.45, 7) is 5.09. The van der Waals surface area contributed by atoms with Crippen LogP contribution in [-0.4, -0.2) is 53.9 Å². The SMILES string of the molecule is CC1CCN(c2ccc(C(=O)NC(Cc3ccccc3)C(=O)N3CCCC3)cc2[N+](=O)[O-])CC1. The maximum absolute atomic E-state index is 13.2. The molecule has 2 aliphatic rings. The van der Waals surface area contributed by atoms with Crippen molar-refractivity contribution in [2.24, 2.45) is 5.92 Å². The summed E-state index contributed by atoms with van der Waals surface area (Å²) in [5, 5.41) is 14.7. The molecule has 1 unspecified atom stereocenters. The standard InChI is InChI=1S/C26H32N4O4/c1-19-11-15-28(16-12-19)23-10-9-21(18-24(23)30(33)34)25(31)27-22(17-20-7-3-2-4-8-20)26(32)29-13-5-6-14-29/h2-4,7-10,18-19,22H,5-6,11-17H2,1H3,(H,27,31). The number of carbonyl (C=O) groups excluding carboxylic acids is 2. The third kappa shape index (κ3) is 5.55. The van der Waals surface area contributed by atoms with Crippen LogP contribution in [0.4, 0.5) is 11.4 Å². The number of nitro benzene ring substituents is 1. The number of rotatable bonds is 7. The molecule has 2 aromatic carbocycles. The second-order valence-corrected chi connectivity index (χ2v) is 9.38. The number of nitrogens with zero attached hydrogens (tertiary/aromatic N) is 3. The number of anilines is 1. The van der Waals surface area contributed by atoms with Gasteiger partial charge in [0.05, 0.1) is 4.92 Å². The molecule has 180 valence electrons. The fourth-order valence-corrected chi connectivity index (χ4v) is 4.78. The van der Waals surface area contributed by atoms with Crippen molar-refractivity contribution in [3.05, 3.63) is 69.8 Å². The van der Waals surface area contributed by atoms with Gasteiger partial charge in [-0.05, 0) is 49.3 Å². The lowest BCUT2D eigenvalue weighted by Gasteiger charge is -2.31. The number of carbonyl (C=O) groups is 2. The van der Waals surface area contributed by atoms with E-state index in [0.29, 0.717) is 31.1 Å². The van der Waals surface area contributed by atoms with Gasteiger partial charge in [0.2, 0.25) is 5.91 Å².